The number of hydrogen-bond donors (Lipinski definition) is 1. The van der Waals surface area contributed by atoms with Gasteiger partial charge in [-0.3, -0.25) is 0 Å². The smallest absolute Gasteiger partial charge is 0.0345 e. The Morgan fingerprint density at radius 2 is 1.69 bits per heavy atom. The van der Waals surface area contributed by atoms with Crippen molar-refractivity contribution in [1.82, 2.24) is 0 Å². The van der Waals surface area contributed by atoms with Gasteiger partial charge in [-0.25, -0.2) is 0 Å². The highest BCUT2D eigenvalue weighted by Crippen LogP contribution is 2.13. The molecule has 0 bridgehead atoms. The van der Waals surface area contributed by atoms with E-state index < -0.39 is 0 Å². The molecule has 1 N–H and O–H groups in total. The summed E-state index contributed by atoms with van der Waals surface area (Å²) in [5, 5.41) is 3.43. The second kappa shape index (κ2) is 4.90. The number of aryl methyl sites for hydroxylation is 2. The summed E-state index contributed by atoms with van der Waals surface area (Å²) in [6, 6.07) is 6.59. The summed E-state index contributed by atoms with van der Waals surface area (Å²) in [5.74, 6) is 0. The summed E-state index contributed by atoms with van der Waals surface area (Å²) in [7, 11) is 0. The topological polar surface area (TPSA) is 12.0 Å². The van der Waals surface area contributed by atoms with Crippen LogP contribution in [0.1, 0.15) is 30.9 Å². The molecule has 0 saturated carbocycles. The SMILES string of the molecule is CCCCNc1cc(C)cc(C)c1. The maximum Gasteiger partial charge on any atom is 0.0345 e. The van der Waals surface area contributed by atoms with Gasteiger partial charge in [0.05, 0.1) is 0 Å². The second-order valence-electron chi connectivity index (χ2n) is 3.66. The Labute approximate surface area is 81.2 Å². The van der Waals surface area contributed by atoms with E-state index >= 15 is 0 Å². The third-order valence-corrected chi connectivity index (χ3v) is 2.08. The Kier molecular flexibility index (Phi) is 3.81. The molecule has 0 fully saturated rings. The van der Waals surface area contributed by atoms with Crippen molar-refractivity contribution < 1.29 is 0 Å². The van der Waals surface area contributed by atoms with Gasteiger partial charge in [-0.1, -0.05) is 19.4 Å². The van der Waals surface area contributed by atoms with Crippen molar-refractivity contribution in [2.45, 2.75) is 33.6 Å². The van der Waals surface area contributed by atoms with Gasteiger partial charge in [0.1, 0.15) is 0 Å². The molecule has 1 aromatic rings. The van der Waals surface area contributed by atoms with E-state index in [2.05, 4.69) is 44.3 Å². The summed E-state index contributed by atoms with van der Waals surface area (Å²) in [6.45, 7) is 7.57. The Hall–Kier alpha value is -0.980. The van der Waals surface area contributed by atoms with Crippen molar-refractivity contribution in [2.24, 2.45) is 0 Å². The van der Waals surface area contributed by atoms with E-state index in [0.717, 1.165) is 6.54 Å². The lowest BCUT2D eigenvalue weighted by Gasteiger charge is -2.07. The molecule has 1 heteroatoms. The minimum Gasteiger partial charge on any atom is -0.385 e. The highest BCUT2D eigenvalue weighted by Gasteiger charge is 1.93. The summed E-state index contributed by atoms with van der Waals surface area (Å²) < 4.78 is 0. The molecule has 1 aromatic carbocycles. The molecular formula is C12H19N. The molecule has 0 aliphatic carbocycles. The van der Waals surface area contributed by atoms with Gasteiger partial charge in [0.25, 0.3) is 0 Å². The standard InChI is InChI=1S/C12H19N/c1-4-5-6-13-12-8-10(2)7-11(3)9-12/h7-9,13H,4-6H2,1-3H3. The third-order valence-electron chi connectivity index (χ3n) is 2.08. The Morgan fingerprint density at radius 1 is 1.08 bits per heavy atom. The summed E-state index contributed by atoms with van der Waals surface area (Å²) in [4.78, 5) is 0. The van der Waals surface area contributed by atoms with Crippen molar-refractivity contribution in [3.8, 4) is 0 Å². The highest BCUT2D eigenvalue weighted by atomic mass is 14.9. The van der Waals surface area contributed by atoms with Gasteiger partial charge in [-0.2, -0.15) is 0 Å². The van der Waals surface area contributed by atoms with Crippen LogP contribution in [0.4, 0.5) is 5.69 Å². The molecule has 0 amide bonds. The van der Waals surface area contributed by atoms with E-state index in [4.69, 9.17) is 0 Å². The van der Waals surface area contributed by atoms with Crippen LogP contribution < -0.4 is 5.32 Å². The van der Waals surface area contributed by atoms with Crippen molar-refractivity contribution in [3.63, 3.8) is 0 Å². The molecule has 0 radical (unpaired) electrons. The molecule has 0 saturated heterocycles. The highest BCUT2D eigenvalue weighted by molar-refractivity contribution is 5.48. The number of nitrogens with one attached hydrogen (secondary N) is 1. The van der Waals surface area contributed by atoms with E-state index in [-0.39, 0.29) is 0 Å². The van der Waals surface area contributed by atoms with Crippen LogP contribution in [0.3, 0.4) is 0 Å². The molecule has 0 heterocycles. The first-order chi connectivity index (χ1) is 6.22. The van der Waals surface area contributed by atoms with E-state index in [1.54, 1.807) is 0 Å². The lowest BCUT2D eigenvalue weighted by atomic mass is 10.1. The zero-order chi connectivity index (χ0) is 9.68. The normalized spacial score (nSPS) is 10.1. The first-order valence-electron chi connectivity index (χ1n) is 5.04. The maximum absolute atomic E-state index is 3.43. The predicted octanol–water partition coefficient (Wildman–Crippen LogP) is 3.52. The number of hydrogen-bond acceptors (Lipinski definition) is 1. The van der Waals surface area contributed by atoms with Crippen LogP contribution in [0.2, 0.25) is 0 Å². The Bertz CT molecular complexity index is 246. The van der Waals surface area contributed by atoms with Crippen molar-refractivity contribution in [3.05, 3.63) is 29.3 Å². The molecule has 0 aliphatic heterocycles. The van der Waals surface area contributed by atoms with Crippen LogP contribution >= 0.6 is 0 Å². The monoisotopic (exact) mass is 177 g/mol. The van der Waals surface area contributed by atoms with Crippen LogP contribution in [0.25, 0.3) is 0 Å². The summed E-state index contributed by atoms with van der Waals surface area (Å²) in [5.41, 5.74) is 3.92. The Balaban J connectivity index is 2.56. The lowest BCUT2D eigenvalue weighted by molar-refractivity contribution is 0.834. The van der Waals surface area contributed by atoms with E-state index in [1.165, 1.54) is 29.7 Å². The number of unbranched alkanes of at least 4 members (excludes halogenated alkanes) is 1. The average molecular weight is 177 g/mol. The van der Waals surface area contributed by atoms with Crippen LogP contribution in [-0.2, 0) is 0 Å². The van der Waals surface area contributed by atoms with Crippen molar-refractivity contribution >= 4 is 5.69 Å². The predicted molar refractivity (Wildman–Crippen MR) is 59.3 cm³/mol. The second-order valence-corrected chi connectivity index (χ2v) is 3.66. The van der Waals surface area contributed by atoms with Crippen LogP contribution in [0, 0.1) is 13.8 Å². The molecule has 72 valence electrons. The molecule has 0 aromatic heterocycles. The molecular weight excluding hydrogens is 158 g/mol. The van der Waals surface area contributed by atoms with Crippen LogP contribution in [0.5, 0.6) is 0 Å². The molecule has 0 aliphatic rings. The van der Waals surface area contributed by atoms with Gasteiger partial charge in [-0.05, 0) is 43.5 Å². The van der Waals surface area contributed by atoms with Gasteiger partial charge < -0.3 is 5.32 Å². The minimum atomic E-state index is 1.08. The molecule has 0 atom stereocenters. The first-order valence-corrected chi connectivity index (χ1v) is 5.04. The van der Waals surface area contributed by atoms with Gasteiger partial charge in [-0.15, -0.1) is 0 Å². The number of anilines is 1. The van der Waals surface area contributed by atoms with Crippen molar-refractivity contribution in [1.29, 1.82) is 0 Å². The number of rotatable bonds is 4. The molecule has 1 rings (SSSR count). The summed E-state index contributed by atoms with van der Waals surface area (Å²) >= 11 is 0. The molecule has 0 spiro atoms. The fourth-order valence-electron chi connectivity index (χ4n) is 1.49. The fourth-order valence-corrected chi connectivity index (χ4v) is 1.49. The Morgan fingerprint density at radius 3 is 2.23 bits per heavy atom. The summed E-state index contributed by atoms with van der Waals surface area (Å²) in [6.07, 6.45) is 2.49. The van der Waals surface area contributed by atoms with Gasteiger partial charge in [0, 0.05) is 12.2 Å². The largest absolute Gasteiger partial charge is 0.385 e. The van der Waals surface area contributed by atoms with Gasteiger partial charge in [0.2, 0.25) is 0 Å². The zero-order valence-electron chi connectivity index (χ0n) is 8.85. The van der Waals surface area contributed by atoms with Gasteiger partial charge >= 0.3 is 0 Å². The van der Waals surface area contributed by atoms with Crippen molar-refractivity contribution in [2.75, 3.05) is 11.9 Å². The third kappa shape index (κ3) is 3.49. The minimum absolute atomic E-state index is 1.08. The van der Waals surface area contributed by atoms with E-state index in [0.29, 0.717) is 0 Å². The lowest BCUT2D eigenvalue weighted by Crippen LogP contribution is -2.01. The molecule has 0 unspecified atom stereocenters. The maximum atomic E-state index is 3.43. The quantitative estimate of drug-likeness (QED) is 0.694. The average Bonchev–Trinajstić information content (AvgIpc) is 2.03. The fraction of sp³-hybridized carbons (Fsp3) is 0.500. The zero-order valence-corrected chi connectivity index (χ0v) is 8.85. The first kappa shape index (κ1) is 10.1. The molecule has 1 nitrogen and oxygen atoms in total. The molecule has 13 heavy (non-hydrogen) atoms. The van der Waals surface area contributed by atoms with Crippen LogP contribution in [-0.4, -0.2) is 6.54 Å². The van der Waals surface area contributed by atoms with E-state index in [1.807, 2.05) is 0 Å². The van der Waals surface area contributed by atoms with Gasteiger partial charge in [0.15, 0.2) is 0 Å². The number of benzene rings is 1. The van der Waals surface area contributed by atoms with E-state index in [9.17, 15) is 0 Å². The van der Waals surface area contributed by atoms with Crippen LogP contribution in [0.15, 0.2) is 18.2 Å².